The van der Waals surface area contributed by atoms with E-state index in [1.54, 1.807) is 56.3 Å². The summed E-state index contributed by atoms with van der Waals surface area (Å²) in [6.45, 7) is 3.49. The fourth-order valence-corrected chi connectivity index (χ4v) is 2.09. The van der Waals surface area contributed by atoms with E-state index in [0.717, 1.165) is 11.1 Å². The molecule has 0 aliphatic rings. The van der Waals surface area contributed by atoms with Gasteiger partial charge in [0.2, 0.25) is 5.91 Å². The number of para-hydroxylation sites is 1. The van der Waals surface area contributed by atoms with E-state index in [9.17, 15) is 14.9 Å². The van der Waals surface area contributed by atoms with Gasteiger partial charge in [0, 0.05) is 6.07 Å². The summed E-state index contributed by atoms with van der Waals surface area (Å²) >= 11 is 0. The summed E-state index contributed by atoms with van der Waals surface area (Å²) < 4.78 is 0. The molecule has 0 aliphatic heterocycles. The lowest BCUT2D eigenvalue weighted by molar-refractivity contribution is -0.384. The smallest absolute Gasteiger partial charge is 0.277 e. The van der Waals surface area contributed by atoms with Crippen LogP contribution in [0.5, 0.6) is 0 Å². The SMILES string of the molecule is CC(C)(C(N)=O)c1ccc(-c2ccccc2[N+](=O)[O-])cc1. The zero-order chi connectivity index (χ0) is 15.6. The van der Waals surface area contributed by atoms with Crippen LogP contribution in [0.2, 0.25) is 0 Å². The van der Waals surface area contributed by atoms with Gasteiger partial charge in [-0.3, -0.25) is 14.9 Å². The summed E-state index contributed by atoms with van der Waals surface area (Å²) in [6.07, 6.45) is 0. The monoisotopic (exact) mass is 284 g/mol. The first-order chi connectivity index (χ1) is 9.84. The molecule has 0 unspecified atom stereocenters. The number of carbonyl (C=O) groups excluding carboxylic acids is 1. The van der Waals surface area contributed by atoms with Crippen LogP contribution in [0.4, 0.5) is 5.69 Å². The molecule has 2 N–H and O–H groups in total. The summed E-state index contributed by atoms with van der Waals surface area (Å²) in [5, 5.41) is 11.1. The van der Waals surface area contributed by atoms with E-state index in [2.05, 4.69) is 0 Å². The maximum Gasteiger partial charge on any atom is 0.277 e. The second-order valence-electron chi connectivity index (χ2n) is 5.34. The lowest BCUT2D eigenvalue weighted by Crippen LogP contribution is -2.35. The molecule has 0 saturated carbocycles. The Kier molecular flexibility index (Phi) is 3.76. The Morgan fingerprint density at radius 2 is 1.67 bits per heavy atom. The first kappa shape index (κ1) is 14.7. The average molecular weight is 284 g/mol. The Balaban J connectivity index is 2.45. The molecule has 0 aliphatic carbocycles. The number of benzene rings is 2. The van der Waals surface area contributed by atoms with Crippen LogP contribution in [0.1, 0.15) is 19.4 Å². The Morgan fingerprint density at radius 1 is 1.10 bits per heavy atom. The number of amides is 1. The number of nitrogens with zero attached hydrogens (tertiary/aromatic N) is 1. The first-order valence-electron chi connectivity index (χ1n) is 6.48. The van der Waals surface area contributed by atoms with Crippen molar-refractivity contribution in [2.75, 3.05) is 0 Å². The maximum atomic E-state index is 11.5. The van der Waals surface area contributed by atoms with Gasteiger partial charge in [-0.2, -0.15) is 0 Å². The Hall–Kier alpha value is -2.69. The molecule has 5 nitrogen and oxygen atoms in total. The zero-order valence-electron chi connectivity index (χ0n) is 11.9. The molecule has 2 aromatic rings. The van der Waals surface area contributed by atoms with Crippen molar-refractivity contribution in [2.24, 2.45) is 5.73 Å². The lowest BCUT2D eigenvalue weighted by Gasteiger charge is -2.21. The van der Waals surface area contributed by atoms with Gasteiger partial charge in [-0.25, -0.2) is 0 Å². The standard InChI is InChI=1S/C16H16N2O3/c1-16(2,15(17)19)12-9-7-11(8-10-12)13-5-3-4-6-14(13)18(20)21/h3-10H,1-2H3,(H2,17,19). The third kappa shape index (κ3) is 2.76. The van der Waals surface area contributed by atoms with Gasteiger partial charge < -0.3 is 5.73 Å². The van der Waals surface area contributed by atoms with E-state index in [1.165, 1.54) is 6.07 Å². The molecule has 108 valence electrons. The fraction of sp³-hybridized carbons (Fsp3) is 0.188. The van der Waals surface area contributed by atoms with Crippen molar-refractivity contribution in [1.82, 2.24) is 0 Å². The van der Waals surface area contributed by atoms with E-state index in [0.29, 0.717) is 5.56 Å². The van der Waals surface area contributed by atoms with Crippen LogP contribution in [0.3, 0.4) is 0 Å². The molecule has 0 aromatic heterocycles. The topological polar surface area (TPSA) is 86.2 Å². The molecule has 0 atom stereocenters. The molecule has 1 amide bonds. The van der Waals surface area contributed by atoms with Crippen molar-refractivity contribution in [3.8, 4) is 11.1 Å². The van der Waals surface area contributed by atoms with E-state index in [-0.39, 0.29) is 5.69 Å². The fourth-order valence-electron chi connectivity index (χ4n) is 2.09. The molecule has 0 radical (unpaired) electrons. The van der Waals surface area contributed by atoms with E-state index in [4.69, 9.17) is 5.73 Å². The highest BCUT2D eigenvalue weighted by Crippen LogP contribution is 2.31. The highest BCUT2D eigenvalue weighted by atomic mass is 16.6. The van der Waals surface area contributed by atoms with Crippen LogP contribution in [-0.2, 0) is 10.2 Å². The van der Waals surface area contributed by atoms with Gasteiger partial charge in [0.25, 0.3) is 5.69 Å². The minimum atomic E-state index is -0.777. The summed E-state index contributed by atoms with van der Waals surface area (Å²) in [5.74, 6) is -0.416. The van der Waals surface area contributed by atoms with E-state index < -0.39 is 16.2 Å². The van der Waals surface area contributed by atoms with Gasteiger partial charge >= 0.3 is 0 Å². The molecule has 0 saturated heterocycles. The van der Waals surface area contributed by atoms with Crippen LogP contribution in [0, 0.1) is 10.1 Å². The molecule has 0 heterocycles. The van der Waals surface area contributed by atoms with Crippen molar-refractivity contribution in [2.45, 2.75) is 19.3 Å². The number of carbonyl (C=O) groups is 1. The zero-order valence-corrected chi connectivity index (χ0v) is 11.9. The Labute approximate surface area is 122 Å². The second kappa shape index (κ2) is 5.36. The molecule has 0 fully saturated rings. The number of primary amides is 1. The molecule has 0 bridgehead atoms. The summed E-state index contributed by atoms with van der Waals surface area (Å²) in [4.78, 5) is 22.1. The summed E-state index contributed by atoms with van der Waals surface area (Å²) in [6, 6.07) is 13.6. The highest BCUT2D eigenvalue weighted by Gasteiger charge is 2.27. The lowest BCUT2D eigenvalue weighted by atomic mass is 9.83. The van der Waals surface area contributed by atoms with Crippen LogP contribution < -0.4 is 5.73 Å². The van der Waals surface area contributed by atoms with Crippen molar-refractivity contribution in [1.29, 1.82) is 0 Å². The van der Waals surface area contributed by atoms with Crippen LogP contribution in [0.15, 0.2) is 48.5 Å². The van der Waals surface area contributed by atoms with Crippen LogP contribution in [-0.4, -0.2) is 10.8 Å². The first-order valence-corrected chi connectivity index (χ1v) is 6.48. The van der Waals surface area contributed by atoms with E-state index in [1.807, 2.05) is 0 Å². The van der Waals surface area contributed by atoms with Crippen LogP contribution in [0.25, 0.3) is 11.1 Å². The minimum Gasteiger partial charge on any atom is -0.369 e. The third-order valence-electron chi connectivity index (χ3n) is 3.63. The number of hydrogen-bond acceptors (Lipinski definition) is 3. The Bertz CT molecular complexity index is 691. The van der Waals surface area contributed by atoms with Gasteiger partial charge in [-0.15, -0.1) is 0 Å². The molecule has 2 aromatic carbocycles. The molecule has 2 rings (SSSR count). The maximum absolute atomic E-state index is 11.5. The molecule has 21 heavy (non-hydrogen) atoms. The van der Waals surface area contributed by atoms with E-state index >= 15 is 0 Å². The van der Waals surface area contributed by atoms with Gasteiger partial charge in [-0.05, 0) is 31.0 Å². The second-order valence-corrected chi connectivity index (χ2v) is 5.34. The third-order valence-corrected chi connectivity index (χ3v) is 3.63. The van der Waals surface area contributed by atoms with Gasteiger partial charge in [0.1, 0.15) is 0 Å². The predicted octanol–water partition coefficient (Wildman–Crippen LogP) is 3.02. The molecular formula is C16H16N2O3. The molecule has 5 heteroatoms. The number of hydrogen-bond donors (Lipinski definition) is 1. The van der Waals surface area contributed by atoms with Crippen molar-refractivity contribution in [3.63, 3.8) is 0 Å². The van der Waals surface area contributed by atoms with Crippen molar-refractivity contribution >= 4 is 11.6 Å². The van der Waals surface area contributed by atoms with Crippen LogP contribution >= 0.6 is 0 Å². The molecular weight excluding hydrogens is 268 g/mol. The minimum absolute atomic E-state index is 0.0550. The number of rotatable bonds is 4. The average Bonchev–Trinajstić information content (AvgIpc) is 2.47. The van der Waals surface area contributed by atoms with Crippen molar-refractivity contribution < 1.29 is 9.72 Å². The van der Waals surface area contributed by atoms with Gasteiger partial charge in [-0.1, -0.05) is 36.4 Å². The number of nitro benzene ring substituents is 1. The van der Waals surface area contributed by atoms with Gasteiger partial charge in [0.15, 0.2) is 0 Å². The summed E-state index contributed by atoms with van der Waals surface area (Å²) in [5.41, 5.74) is 6.72. The quantitative estimate of drug-likeness (QED) is 0.691. The molecule has 0 spiro atoms. The predicted molar refractivity (Wildman–Crippen MR) is 80.8 cm³/mol. The number of nitro groups is 1. The normalized spacial score (nSPS) is 11.1. The van der Waals surface area contributed by atoms with Crippen molar-refractivity contribution in [3.05, 3.63) is 64.2 Å². The van der Waals surface area contributed by atoms with Gasteiger partial charge in [0.05, 0.1) is 15.9 Å². The largest absolute Gasteiger partial charge is 0.369 e. The Morgan fingerprint density at radius 3 is 2.19 bits per heavy atom. The highest BCUT2D eigenvalue weighted by molar-refractivity contribution is 5.86. The summed E-state index contributed by atoms with van der Waals surface area (Å²) in [7, 11) is 0. The number of nitrogens with two attached hydrogens (primary N) is 1.